The predicted molar refractivity (Wildman–Crippen MR) is 79.5 cm³/mol. The van der Waals surface area contributed by atoms with Crippen LogP contribution >= 0.6 is 0 Å². The van der Waals surface area contributed by atoms with Gasteiger partial charge in [0, 0.05) is 6.07 Å². The average Bonchev–Trinajstić information content (AvgIpc) is 2.37. The topological polar surface area (TPSA) is 99.1 Å². The van der Waals surface area contributed by atoms with Crippen LogP contribution in [0.5, 0.6) is 11.6 Å². The van der Waals surface area contributed by atoms with E-state index < -0.39 is 0 Å². The fourth-order valence-electron chi connectivity index (χ4n) is 1.72. The Morgan fingerprint density at radius 1 is 1.15 bits per heavy atom. The van der Waals surface area contributed by atoms with Gasteiger partial charge >= 0.3 is 0 Å². The van der Waals surface area contributed by atoms with Crippen LogP contribution in [-0.4, -0.2) is 9.97 Å². The number of nitrogens with one attached hydrogen (secondary N) is 1. The highest BCUT2D eigenvalue weighted by Crippen LogP contribution is 2.28. The molecule has 0 aliphatic carbocycles. The van der Waals surface area contributed by atoms with Gasteiger partial charge in [0.2, 0.25) is 11.8 Å². The smallest absolute Gasteiger partial charge is 0.226 e. The Balaban J connectivity index is 2.28. The molecule has 1 aromatic carbocycles. The predicted octanol–water partition coefficient (Wildman–Crippen LogP) is 2.43. The minimum atomic E-state index is 0.0496. The first kappa shape index (κ1) is 14.1. The van der Waals surface area contributed by atoms with Gasteiger partial charge in [-0.1, -0.05) is 32.9 Å². The molecule has 6 heteroatoms. The fourth-order valence-corrected chi connectivity index (χ4v) is 1.72. The highest BCUT2D eigenvalue weighted by atomic mass is 16.5. The number of anilines is 2. The van der Waals surface area contributed by atoms with E-state index in [0.717, 1.165) is 0 Å². The van der Waals surface area contributed by atoms with Gasteiger partial charge in [-0.05, 0) is 23.1 Å². The summed E-state index contributed by atoms with van der Waals surface area (Å²) >= 11 is 0. The molecule has 0 aliphatic heterocycles. The van der Waals surface area contributed by atoms with Crippen LogP contribution in [0.25, 0.3) is 0 Å². The molecule has 2 rings (SSSR count). The molecule has 106 valence electrons. The molecule has 5 N–H and O–H groups in total. The molecule has 0 radical (unpaired) electrons. The summed E-state index contributed by atoms with van der Waals surface area (Å²) in [6.07, 6.45) is 0. The number of nitrogens with two attached hydrogens (primary N) is 2. The van der Waals surface area contributed by atoms with Crippen molar-refractivity contribution < 1.29 is 4.74 Å². The van der Waals surface area contributed by atoms with Crippen molar-refractivity contribution in [3.63, 3.8) is 0 Å². The molecule has 0 bridgehead atoms. The summed E-state index contributed by atoms with van der Waals surface area (Å²) in [5.74, 6) is 6.85. The second-order valence-electron chi connectivity index (χ2n) is 5.47. The van der Waals surface area contributed by atoms with Crippen LogP contribution in [0.1, 0.15) is 26.3 Å². The van der Waals surface area contributed by atoms with Gasteiger partial charge in [0.05, 0.1) is 0 Å². The Morgan fingerprint density at radius 2 is 1.90 bits per heavy atom. The van der Waals surface area contributed by atoms with Crippen LogP contribution in [0.2, 0.25) is 0 Å². The molecule has 2 aromatic rings. The highest BCUT2D eigenvalue weighted by molar-refractivity contribution is 5.43. The second kappa shape index (κ2) is 5.34. The van der Waals surface area contributed by atoms with E-state index in [9.17, 15) is 0 Å². The molecule has 0 amide bonds. The maximum absolute atomic E-state index is 5.71. The number of hydrogen-bond acceptors (Lipinski definition) is 6. The number of aromatic nitrogens is 2. The van der Waals surface area contributed by atoms with Crippen LogP contribution in [-0.2, 0) is 5.41 Å². The van der Waals surface area contributed by atoms with Crippen molar-refractivity contribution in [1.82, 2.24) is 9.97 Å². The van der Waals surface area contributed by atoms with Gasteiger partial charge in [-0.25, -0.2) is 5.84 Å². The molecule has 0 saturated heterocycles. The Morgan fingerprint density at radius 3 is 2.55 bits per heavy atom. The zero-order valence-corrected chi connectivity index (χ0v) is 11.8. The molecule has 0 atom stereocenters. The third kappa shape index (κ3) is 3.36. The summed E-state index contributed by atoms with van der Waals surface area (Å²) in [6, 6.07) is 9.44. The summed E-state index contributed by atoms with van der Waals surface area (Å²) in [7, 11) is 0. The Labute approximate surface area is 118 Å². The van der Waals surface area contributed by atoms with E-state index in [-0.39, 0.29) is 11.4 Å². The van der Waals surface area contributed by atoms with Gasteiger partial charge in [-0.15, -0.1) is 0 Å². The zero-order valence-electron chi connectivity index (χ0n) is 11.8. The van der Waals surface area contributed by atoms with Crippen LogP contribution < -0.4 is 21.7 Å². The van der Waals surface area contributed by atoms with Crippen molar-refractivity contribution in [2.45, 2.75) is 26.2 Å². The molecule has 1 heterocycles. The van der Waals surface area contributed by atoms with E-state index in [0.29, 0.717) is 17.4 Å². The largest absolute Gasteiger partial charge is 0.439 e. The zero-order chi connectivity index (χ0) is 14.8. The van der Waals surface area contributed by atoms with Gasteiger partial charge in [0.15, 0.2) is 0 Å². The van der Waals surface area contributed by atoms with E-state index in [1.54, 1.807) is 6.07 Å². The van der Waals surface area contributed by atoms with Crippen LogP contribution in [0.15, 0.2) is 30.3 Å². The lowest BCUT2D eigenvalue weighted by atomic mass is 9.87. The molecule has 0 fully saturated rings. The minimum Gasteiger partial charge on any atom is -0.439 e. The third-order valence-electron chi connectivity index (χ3n) is 2.79. The van der Waals surface area contributed by atoms with Crippen molar-refractivity contribution in [3.05, 3.63) is 35.9 Å². The lowest BCUT2D eigenvalue weighted by Crippen LogP contribution is -2.11. The molecule has 20 heavy (non-hydrogen) atoms. The number of benzene rings is 1. The molecule has 0 aliphatic rings. The maximum Gasteiger partial charge on any atom is 0.226 e. The van der Waals surface area contributed by atoms with Gasteiger partial charge < -0.3 is 15.9 Å². The van der Waals surface area contributed by atoms with Gasteiger partial charge in [0.1, 0.15) is 11.6 Å². The summed E-state index contributed by atoms with van der Waals surface area (Å²) in [5.41, 5.74) is 9.23. The number of hydrazine groups is 1. The first-order chi connectivity index (χ1) is 9.38. The monoisotopic (exact) mass is 273 g/mol. The van der Waals surface area contributed by atoms with E-state index in [1.165, 1.54) is 5.56 Å². The summed E-state index contributed by atoms with van der Waals surface area (Å²) in [4.78, 5) is 7.92. The van der Waals surface area contributed by atoms with Crippen molar-refractivity contribution in [3.8, 4) is 11.6 Å². The van der Waals surface area contributed by atoms with Gasteiger partial charge in [-0.3, -0.25) is 0 Å². The molecular formula is C14H19N5O. The van der Waals surface area contributed by atoms with E-state index >= 15 is 0 Å². The number of ether oxygens (including phenoxy) is 1. The third-order valence-corrected chi connectivity index (χ3v) is 2.79. The van der Waals surface area contributed by atoms with Crippen molar-refractivity contribution in [1.29, 1.82) is 0 Å². The number of rotatable bonds is 3. The molecule has 1 aromatic heterocycles. The van der Waals surface area contributed by atoms with Crippen LogP contribution in [0.3, 0.4) is 0 Å². The minimum absolute atomic E-state index is 0.0496. The summed E-state index contributed by atoms with van der Waals surface area (Å²) in [5, 5.41) is 0. The van der Waals surface area contributed by atoms with Crippen molar-refractivity contribution in [2.24, 2.45) is 5.84 Å². The molecule has 0 spiro atoms. The second-order valence-corrected chi connectivity index (χ2v) is 5.47. The first-order valence-electron chi connectivity index (χ1n) is 6.28. The number of nitrogens with zero attached hydrogens (tertiary/aromatic N) is 2. The number of hydrogen-bond donors (Lipinski definition) is 3. The van der Waals surface area contributed by atoms with E-state index in [1.807, 2.05) is 18.2 Å². The highest BCUT2D eigenvalue weighted by Gasteiger charge is 2.14. The maximum atomic E-state index is 5.71. The van der Waals surface area contributed by atoms with Gasteiger partial charge in [0.25, 0.3) is 0 Å². The molecular weight excluding hydrogens is 254 g/mol. The molecule has 0 saturated carbocycles. The standard InChI is InChI=1S/C14H19N5O/c1-14(2,3)9-5-4-6-10(7-9)20-12-8-11(19-16)17-13(15)18-12/h4-8H,16H2,1-3H3,(H3,15,17,18,19). The fraction of sp³-hybridized carbons (Fsp3) is 0.286. The summed E-state index contributed by atoms with van der Waals surface area (Å²) < 4.78 is 5.71. The van der Waals surface area contributed by atoms with Crippen molar-refractivity contribution in [2.75, 3.05) is 11.2 Å². The Hall–Kier alpha value is -2.34. The lowest BCUT2D eigenvalue weighted by Gasteiger charge is -2.19. The SMILES string of the molecule is CC(C)(C)c1cccc(Oc2cc(NN)nc(N)n2)c1. The van der Waals surface area contributed by atoms with Gasteiger partial charge in [-0.2, -0.15) is 9.97 Å². The average molecular weight is 273 g/mol. The Bertz CT molecular complexity index is 607. The van der Waals surface area contributed by atoms with Crippen molar-refractivity contribution >= 4 is 11.8 Å². The normalized spacial score (nSPS) is 11.2. The first-order valence-corrected chi connectivity index (χ1v) is 6.28. The quantitative estimate of drug-likeness (QED) is 0.586. The Kier molecular flexibility index (Phi) is 3.76. The summed E-state index contributed by atoms with van der Waals surface area (Å²) in [6.45, 7) is 6.43. The lowest BCUT2D eigenvalue weighted by molar-refractivity contribution is 0.459. The van der Waals surface area contributed by atoms with Crippen LogP contribution in [0, 0.1) is 0 Å². The van der Waals surface area contributed by atoms with E-state index in [4.69, 9.17) is 16.3 Å². The molecule has 6 nitrogen and oxygen atoms in total. The number of nitrogen functional groups attached to an aromatic ring is 2. The van der Waals surface area contributed by atoms with E-state index in [2.05, 4.69) is 42.2 Å². The molecule has 0 unspecified atom stereocenters. The van der Waals surface area contributed by atoms with Crippen LogP contribution in [0.4, 0.5) is 11.8 Å².